The van der Waals surface area contributed by atoms with Gasteiger partial charge in [0.05, 0.1) is 15.5 Å². The Hall–Kier alpha value is -2.45. The van der Waals surface area contributed by atoms with Gasteiger partial charge in [-0.15, -0.1) is 0 Å². The molecule has 2 aromatic rings. The number of rotatable bonds is 6. The summed E-state index contributed by atoms with van der Waals surface area (Å²) in [6.45, 7) is 12.9. The molecular formula is C27H30BrNO5S. The van der Waals surface area contributed by atoms with Gasteiger partial charge in [-0.05, 0) is 123 Å². The van der Waals surface area contributed by atoms with Crippen LogP contribution in [0.3, 0.4) is 0 Å². The molecule has 2 heterocycles. The molecule has 6 nitrogen and oxygen atoms in total. The smallest absolute Gasteiger partial charge is 0.290 e. The lowest BCUT2D eigenvalue weighted by Gasteiger charge is -2.38. The van der Waals surface area contributed by atoms with Crippen LogP contribution in [0.15, 0.2) is 27.6 Å². The number of imide groups is 1. The van der Waals surface area contributed by atoms with Crippen molar-refractivity contribution < 1.29 is 23.8 Å². The van der Waals surface area contributed by atoms with E-state index < -0.39 is 5.60 Å². The summed E-state index contributed by atoms with van der Waals surface area (Å²) in [5.41, 5.74) is 4.92. The van der Waals surface area contributed by atoms with E-state index in [1.165, 1.54) is 5.56 Å². The van der Waals surface area contributed by atoms with E-state index in [-0.39, 0.29) is 17.3 Å². The monoisotopic (exact) mass is 559 g/mol. The van der Waals surface area contributed by atoms with E-state index in [2.05, 4.69) is 48.9 Å². The third kappa shape index (κ3) is 5.38. The zero-order chi connectivity index (χ0) is 25.5. The molecule has 35 heavy (non-hydrogen) atoms. The molecule has 0 saturated carbocycles. The largest absolute Gasteiger partial charge is 0.490 e. The van der Waals surface area contributed by atoms with E-state index >= 15 is 0 Å². The molecule has 1 fully saturated rings. The number of fused-ring (bicyclic) bond motifs is 1. The minimum Gasteiger partial charge on any atom is -0.490 e. The Bertz CT molecular complexity index is 1240. The number of carbonyl (C=O) groups excluding carboxylic acids is 2. The Balaban J connectivity index is 1.49. The van der Waals surface area contributed by atoms with E-state index in [9.17, 15) is 9.59 Å². The van der Waals surface area contributed by atoms with E-state index in [4.69, 9.17) is 14.2 Å². The summed E-state index contributed by atoms with van der Waals surface area (Å²) in [6.07, 6.45) is 3.52. The maximum absolute atomic E-state index is 11.8. The zero-order valence-electron chi connectivity index (χ0n) is 20.8. The van der Waals surface area contributed by atoms with Crippen LogP contribution in [0.2, 0.25) is 0 Å². The fourth-order valence-corrected chi connectivity index (χ4v) is 5.52. The average Bonchev–Trinajstić information content (AvgIpc) is 3.11. The van der Waals surface area contributed by atoms with Crippen molar-refractivity contribution in [2.24, 2.45) is 0 Å². The Morgan fingerprint density at radius 3 is 2.57 bits per heavy atom. The van der Waals surface area contributed by atoms with Crippen LogP contribution < -0.4 is 19.5 Å². The second kappa shape index (κ2) is 9.90. The molecule has 2 amide bonds. The molecule has 2 aliphatic rings. The highest BCUT2D eigenvalue weighted by atomic mass is 79.9. The second-order valence-electron chi connectivity index (χ2n) is 9.56. The van der Waals surface area contributed by atoms with Crippen LogP contribution in [0, 0.1) is 20.8 Å². The molecule has 1 saturated heterocycles. The SMILES string of the molecule is Cc1c(C)c2c(c(C)c1OC(C)C)CCC(C)(COc1ccc(/C=C3/SC(=O)NC3=O)cc1Br)O2. The molecule has 1 atom stereocenters. The Morgan fingerprint density at radius 2 is 1.94 bits per heavy atom. The number of thioether (sulfide) groups is 1. The molecule has 1 N–H and O–H groups in total. The Labute approximate surface area is 218 Å². The number of carbonyl (C=O) groups is 2. The fourth-order valence-electron chi connectivity index (χ4n) is 4.32. The van der Waals surface area contributed by atoms with E-state index in [1.807, 2.05) is 32.0 Å². The van der Waals surface area contributed by atoms with Crippen LogP contribution >= 0.6 is 27.7 Å². The van der Waals surface area contributed by atoms with Gasteiger partial charge in [-0.25, -0.2) is 0 Å². The van der Waals surface area contributed by atoms with E-state index in [0.29, 0.717) is 17.3 Å². The molecule has 0 bridgehead atoms. The molecule has 1 unspecified atom stereocenters. The third-order valence-electron chi connectivity index (χ3n) is 6.35. The molecule has 4 rings (SSSR count). The van der Waals surface area contributed by atoms with Crippen molar-refractivity contribution in [1.29, 1.82) is 0 Å². The van der Waals surface area contributed by atoms with E-state index in [0.717, 1.165) is 62.8 Å². The zero-order valence-corrected chi connectivity index (χ0v) is 23.2. The van der Waals surface area contributed by atoms with Gasteiger partial charge < -0.3 is 14.2 Å². The lowest BCUT2D eigenvalue weighted by molar-refractivity contribution is -0.115. The van der Waals surface area contributed by atoms with Crippen LogP contribution in [0.25, 0.3) is 6.08 Å². The van der Waals surface area contributed by atoms with Gasteiger partial charge in [0.1, 0.15) is 29.5 Å². The highest BCUT2D eigenvalue weighted by Crippen LogP contribution is 2.44. The minimum absolute atomic E-state index is 0.116. The van der Waals surface area contributed by atoms with Crippen molar-refractivity contribution in [3.63, 3.8) is 0 Å². The Morgan fingerprint density at radius 1 is 1.20 bits per heavy atom. The molecule has 186 valence electrons. The van der Waals surface area contributed by atoms with Crippen molar-refractivity contribution in [3.8, 4) is 17.2 Å². The number of hydrogen-bond acceptors (Lipinski definition) is 6. The van der Waals surface area contributed by atoms with Gasteiger partial charge >= 0.3 is 0 Å². The molecule has 0 radical (unpaired) electrons. The second-order valence-corrected chi connectivity index (χ2v) is 11.4. The highest BCUT2D eigenvalue weighted by molar-refractivity contribution is 9.10. The highest BCUT2D eigenvalue weighted by Gasteiger charge is 2.36. The van der Waals surface area contributed by atoms with Gasteiger partial charge in [0.2, 0.25) is 0 Å². The normalized spacial score (nSPS) is 20.6. The topological polar surface area (TPSA) is 73.9 Å². The predicted octanol–water partition coefficient (Wildman–Crippen LogP) is 6.65. The van der Waals surface area contributed by atoms with Crippen molar-refractivity contribution in [3.05, 3.63) is 55.4 Å². The summed E-state index contributed by atoms with van der Waals surface area (Å²) in [7, 11) is 0. The molecular weight excluding hydrogens is 530 g/mol. The molecule has 2 aliphatic heterocycles. The van der Waals surface area contributed by atoms with Crippen molar-refractivity contribution in [2.75, 3.05) is 6.61 Å². The van der Waals surface area contributed by atoms with Gasteiger partial charge in [0.25, 0.3) is 11.1 Å². The lowest BCUT2D eigenvalue weighted by atomic mass is 9.87. The number of benzene rings is 2. The van der Waals surface area contributed by atoms with Gasteiger partial charge in [-0.1, -0.05) is 6.07 Å². The van der Waals surface area contributed by atoms with Crippen LogP contribution in [-0.4, -0.2) is 29.5 Å². The quantitative estimate of drug-likeness (QED) is 0.399. The number of ether oxygens (including phenoxy) is 3. The average molecular weight is 561 g/mol. The Kier molecular flexibility index (Phi) is 7.25. The number of halogens is 1. The van der Waals surface area contributed by atoms with Gasteiger partial charge in [0.15, 0.2) is 0 Å². The third-order valence-corrected chi connectivity index (χ3v) is 7.78. The van der Waals surface area contributed by atoms with Gasteiger partial charge in [-0.2, -0.15) is 0 Å². The summed E-state index contributed by atoms with van der Waals surface area (Å²) >= 11 is 4.47. The van der Waals surface area contributed by atoms with Crippen LogP contribution in [-0.2, 0) is 11.2 Å². The van der Waals surface area contributed by atoms with Gasteiger partial charge in [0, 0.05) is 5.56 Å². The minimum atomic E-state index is -0.476. The van der Waals surface area contributed by atoms with Crippen molar-refractivity contribution in [1.82, 2.24) is 5.32 Å². The lowest BCUT2D eigenvalue weighted by Crippen LogP contribution is -2.42. The summed E-state index contributed by atoms with van der Waals surface area (Å²) in [5, 5.41) is 1.91. The first kappa shape index (κ1) is 25.6. The first-order valence-corrected chi connectivity index (χ1v) is 13.2. The maximum Gasteiger partial charge on any atom is 0.290 e. The van der Waals surface area contributed by atoms with Gasteiger partial charge in [-0.3, -0.25) is 14.9 Å². The van der Waals surface area contributed by atoms with Crippen LogP contribution in [0.5, 0.6) is 17.2 Å². The maximum atomic E-state index is 11.8. The fraction of sp³-hybridized carbons (Fsp3) is 0.407. The van der Waals surface area contributed by atoms with Crippen LogP contribution in [0.1, 0.15) is 55.0 Å². The first-order chi connectivity index (χ1) is 16.5. The van der Waals surface area contributed by atoms with Crippen LogP contribution in [0.4, 0.5) is 4.79 Å². The number of hydrogen-bond donors (Lipinski definition) is 1. The molecule has 8 heteroatoms. The number of nitrogens with one attached hydrogen (secondary N) is 1. The summed E-state index contributed by atoms with van der Waals surface area (Å²) in [4.78, 5) is 23.5. The van der Waals surface area contributed by atoms with E-state index in [1.54, 1.807) is 6.08 Å². The summed E-state index contributed by atoms with van der Waals surface area (Å²) < 4.78 is 19.7. The standard InChI is InChI=1S/C27H30BrNO5S/c1-14(2)33-23-15(3)16(4)24-19(17(23)5)9-10-27(6,34-24)13-32-21-8-7-18(11-20(21)28)12-22-25(30)29-26(31)35-22/h7-8,11-12,14H,9-10,13H2,1-6H3,(H,29,30,31)/b22-12+. The number of amides is 2. The summed E-state index contributed by atoms with van der Waals surface area (Å²) in [5.74, 6) is 2.22. The summed E-state index contributed by atoms with van der Waals surface area (Å²) in [6, 6.07) is 5.58. The first-order valence-electron chi connectivity index (χ1n) is 11.6. The molecule has 0 aliphatic carbocycles. The van der Waals surface area contributed by atoms with Crippen molar-refractivity contribution in [2.45, 2.75) is 66.1 Å². The molecule has 0 spiro atoms. The molecule has 2 aromatic carbocycles. The van der Waals surface area contributed by atoms with Crippen molar-refractivity contribution >= 4 is 44.9 Å². The molecule has 0 aromatic heterocycles. The predicted molar refractivity (Wildman–Crippen MR) is 143 cm³/mol.